The highest BCUT2D eigenvalue weighted by Crippen LogP contribution is 2.54. The van der Waals surface area contributed by atoms with E-state index in [-0.39, 0.29) is 41.8 Å². The van der Waals surface area contributed by atoms with Gasteiger partial charge in [-0.1, -0.05) is 12.1 Å². The van der Waals surface area contributed by atoms with Crippen LogP contribution in [0.4, 0.5) is 4.39 Å². The van der Waals surface area contributed by atoms with Crippen molar-refractivity contribution in [2.75, 3.05) is 26.2 Å². The van der Waals surface area contributed by atoms with Gasteiger partial charge in [-0.15, -0.1) is 0 Å². The molecular formula is C20H25FN2O4. The Morgan fingerprint density at radius 3 is 3.04 bits per heavy atom. The molecule has 0 aliphatic carbocycles. The first kappa shape index (κ1) is 18.4. The van der Waals surface area contributed by atoms with Crippen molar-refractivity contribution in [2.24, 2.45) is 11.8 Å². The van der Waals surface area contributed by atoms with Crippen molar-refractivity contribution in [1.82, 2.24) is 10.2 Å². The third-order valence-electron chi connectivity index (χ3n) is 6.28. The van der Waals surface area contributed by atoms with Crippen LogP contribution in [-0.2, 0) is 20.7 Å². The molecule has 1 amide bonds. The Morgan fingerprint density at radius 1 is 1.41 bits per heavy atom. The van der Waals surface area contributed by atoms with E-state index in [9.17, 15) is 14.0 Å². The van der Waals surface area contributed by atoms with Gasteiger partial charge >= 0.3 is 5.97 Å². The monoisotopic (exact) mass is 376 g/mol. The minimum atomic E-state index is -0.817. The first-order chi connectivity index (χ1) is 12.9. The quantitative estimate of drug-likeness (QED) is 0.753. The summed E-state index contributed by atoms with van der Waals surface area (Å²) < 4.78 is 19.5. The number of amides is 1. The van der Waals surface area contributed by atoms with Crippen LogP contribution >= 0.6 is 0 Å². The lowest BCUT2D eigenvalue weighted by molar-refractivity contribution is -0.138. The molecule has 1 aromatic carbocycles. The van der Waals surface area contributed by atoms with Gasteiger partial charge < -0.3 is 15.2 Å². The Hall–Kier alpha value is -1.99. The van der Waals surface area contributed by atoms with Crippen molar-refractivity contribution in [1.29, 1.82) is 0 Å². The number of ether oxygens (including phenoxy) is 1. The highest BCUT2D eigenvalue weighted by molar-refractivity contribution is 5.76. The van der Waals surface area contributed by atoms with Crippen LogP contribution in [0.3, 0.4) is 0 Å². The first-order valence-electron chi connectivity index (χ1n) is 9.58. The summed E-state index contributed by atoms with van der Waals surface area (Å²) in [4.78, 5) is 25.2. The lowest BCUT2D eigenvalue weighted by Crippen LogP contribution is -2.41. The molecule has 0 aromatic heterocycles. The Bertz CT molecular complexity index is 742. The van der Waals surface area contributed by atoms with Crippen molar-refractivity contribution >= 4 is 11.9 Å². The van der Waals surface area contributed by atoms with Gasteiger partial charge in [0.25, 0.3) is 0 Å². The fourth-order valence-electron chi connectivity index (χ4n) is 5.14. The van der Waals surface area contributed by atoms with Crippen LogP contribution < -0.4 is 5.32 Å². The molecule has 4 rings (SSSR count). The van der Waals surface area contributed by atoms with Crippen molar-refractivity contribution in [3.63, 3.8) is 0 Å². The van der Waals surface area contributed by atoms with Gasteiger partial charge in [-0.05, 0) is 37.0 Å². The number of hydrogen-bond acceptors (Lipinski definition) is 4. The van der Waals surface area contributed by atoms with E-state index < -0.39 is 5.97 Å². The average molecular weight is 376 g/mol. The number of aryl methyl sites for hydroxylation is 1. The molecule has 6 nitrogen and oxygen atoms in total. The summed E-state index contributed by atoms with van der Waals surface area (Å²) in [7, 11) is 0. The third kappa shape index (κ3) is 3.71. The standard InChI is InChI=1S/C20H25FN2O4/c21-14-3-1-2-13(8-14)4-5-18(24)22-9-15-16-10-23(11-19(25)26)12-20(16)7-6-17(15)27-20/h1-3,8,15-17H,4-7,9-12H2,(H,22,24)(H,25,26)/t15-,16+,17+,20+/m0/s1. The molecule has 0 saturated carbocycles. The number of aliphatic carboxylic acids is 1. The summed E-state index contributed by atoms with van der Waals surface area (Å²) in [5.74, 6) is -0.640. The van der Waals surface area contributed by atoms with E-state index in [1.165, 1.54) is 12.1 Å². The van der Waals surface area contributed by atoms with Gasteiger partial charge in [0, 0.05) is 37.9 Å². The van der Waals surface area contributed by atoms with Crippen LogP contribution in [0.2, 0.25) is 0 Å². The fourth-order valence-corrected chi connectivity index (χ4v) is 5.14. The molecule has 3 saturated heterocycles. The maximum atomic E-state index is 13.2. The number of carbonyl (C=O) groups excluding carboxylic acids is 1. The fraction of sp³-hybridized carbons (Fsp3) is 0.600. The van der Waals surface area contributed by atoms with Crippen LogP contribution in [0.1, 0.15) is 24.8 Å². The predicted octanol–water partition coefficient (Wildman–Crippen LogP) is 1.44. The van der Waals surface area contributed by atoms with Crippen LogP contribution in [-0.4, -0.2) is 59.8 Å². The van der Waals surface area contributed by atoms with E-state index in [0.29, 0.717) is 32.5 Å². The molecule has 2 N–H and O–H groups in total. The molecule has 7 heteroatoms. The molecule has 2 bridgehead atoms. The van der Waals surface area contributed by atoms with Gasteiger partial charge in [-0.3, -0.25) is 14.5 Å². The van der Waals surface area contributed by atoms with E-state index in [1.54, 1.807) is 6.07 Å². The number of fused-ring (bicyclic) bond motifs is 1. The van der Waals surface area contributed by atoms with Gasteiger partial charge in [0.15, 0.2) is 0 Å². The zero-order valence-corrected chi connectivity index (χ0v) is 15.2. The van der Waals surface area contributed by atoms with Crippen molar-refractivity contribution < 1.29 is 23.8 Å². The lowest BCUT2D eigenvalue weighted by atomic mass is 9.73. The molecule has 1 spiro atoms. The van der Waals surface area contributed by atoms with Gasteiger partial charge in [-0.2, -0.15) is 0 Å². The molecule has 3 heterocycles. The Balaban J connectivity index is 1.29. The largest absolute Gasteiger partial charge is 0.480 e. The summed E-state index contributed by atoms with van der Waals surface area (Å²) >= 11 is 0. The Morgan fingerprint density at radius 2 is 2.26 bits per heavy atom. The first-order valence-corrected chi connectivity index (χ1v) is 9.58. The predicted molar refractivity (Wildman–Crippen MR) is 95.6 cm³/mol. The minimum Gasteiger partial charge on any atom is -0.480 e. The topological polar surface area (TPSA) is 78.9 Å². The molecule has 0 unspecified atom stereocenters. The molecular weight excluding hydrogens is 351 g/mol. The van der Waals surface area contributed by atoms with Crippen LogP contribution in [0.15, 0.2) is 24.3 Å². The third-order valence-corrected chi connectivity index (χ3v) is 6.28. The van der Waals surface area contributed by atoms with Crippen molar-refractivity contribution in [3.05, 3.63) is 35.6 Å². The highest BCUT2D eigenvalue weighted by Gasteiger charge is 2.62. The second-order valence-corrected chi connectivity index (χ2v) is 8.03. The Labute approximate surface area is 157 Å². The van der Waals surface area contributed by atoms with Crippen molar-refractivity contribution in [3.8, 4) is 0 Å². The number of nitrogens with zero attached hydrogens (tertiary/aromatic N) is 1. The number of likely N-dealkylation sites (tertiary alicyclic amines) is 1. The zero-order valence-electron chi connectivity index (χ0n) is 15.2. The van der Waals surface area contributed by atoms with Crippen LogP contribution in [0.5, 0.6) is 0 Å². The van der Waals surface area contributed by atoms with Gasteiger partial charge in [0.1, 0.15) is 5.82 Å². The lowest BCUT2D eigenvalue weighted by Gasteiger charge is -2.29. The van der Waals surface area contributed by atoms with E-state index in [4.69, 9.17) is 9.84 Å². The molecule has 0 radical (unpaired) electrons. The number of hydrogen-bond donors (Lipinski definition) is 2. The van der Waals surface area contributed by atoms with E-state index in [2.05, 4.69) is 5.32 Å². The Kier molecular flexibility index (Phi) is 4.90. The molecule has 4 atom stereocenters. The number of rotatable bonds is 7. The molecule has 3 fully saturated rings. The normalized spacial score (nSPS) is 31.8. The SMILES string of the molecule is O=C(O)CN1C[C@@H]2[C@H](CNC(=O)CCc3cccc(F)c3)[C@H]3CC[C@]2(C1)O3. The second-order valence-electron chi connectivity index (χ2n) is 8.03. The summed E-state index contributed by atoms with van der Waals surface area (Å²) in [6, 6.07) is 6.32. The second kappa shape index (κ2) is 7.20. The number of carboxylic acid groups (broad SMARTS) is 1. The highest BCUT2D eigenvalue weighted by atomic mass is 19.1. The molecule has 1 aromatic rings. The number of benzene rings is 1. The number of carboxylic acids is 1. The molecule has 3 aliphatic heterocycles. The zero-order chi connectivity index (χ0) is 19.0. The summed E-state index contributed by atoms with van der Waals surface area (Å²) in [6.07, 6.45) is 2.94. The molecule has 146 valence electrons. The average Bonchev–Trinajstić information content (AvgIpc) is 3.25. The van der Waals surface area contributed by atoms with E-state index >= 15 is 0 Å². The summed E-state index contributed by atoms with van der Waals surface area (Å²) in [6.45, 7) is 1.98. The number of carbonyl (C=O) groups is 2. The van der Waals surface area contributed by atoms with Crippen molar-refractivity contribution in [2.45, 2.75) is 37.4 Å². The minimum absolute atomic E-state index is 0.0407. The molecule has 3 aliphatic rings. The van der Waals surface area contributed by atoms with E-state index in [1.807, 2.05) is 11.0 Å². The summed E-state index contributed by atoms with van der Waals surface area (Å²) in [5.41, 5.74) is 0.587. The molecule has 27 heavy (non-hydrogen) atoms. The van der Waals surface area contributed by atoms with E-state index in [0.717, 1.165) is 18.4 Å². The van der Waals surface area contributed by atoms with Crippen LogP contribution in [0, 0.1) is 17.7 Å². The number of halogens is 1. The smallest absolute Gasteiger partial charge is 0.317 e. The summed E-state index contributed by atoms with van der Waals surface area (Å²) in [5, 5.41) is 12.1. The maximum absolute atomic E-state index is 13.2. The van der Waals surface area contributed by atoms with Gasteiger partial charge in [0.2, 0.25) is 5.91 Å². The number of nitrogens with one attached hydrogen (secondary N) is 1. The van der Waals surface area contributed by atoms with Crippen LogP contribution in [0.25, 0.3) is 0 Å². The van der Waals surface area contributed by atoms with Gasteiger partial charge in [-0.25, -0.2) is 4.39 Å². The maximum Gasteiger partial charge on any atom is 0.317 e. The van der Waals surface area contributed by atoms with Gasteiger partial charge in [0.05, 0.1) is 18.2 Å².